The Hall–Kier alpha value is -3.18. The first kappa shape index (κ1) is 30.0. The smallest absolute Gasteiger partial charge is 0.304 e. The normalized spacial score (nSPS) is 12.4. The number of carbonyl (C=O) groups excluding carboxylic acids is 2. The summed E-state index contributed by atoms with van der Waals surface area (Å²) in [5.74, 6) is -0.939. The summed E-state index contributed by atoms with van der Waals surface area (Å²) in [7, 11) is -0.0907. The zero-order valence-electron chi connectivity index (χ0n) is 22.3. The van der Waals surface area contributed by atoms with E-state index in [0.29, 0.717) is 18.7 Å². The molecular weight excluding hydrogens is 499 g/mol. The molecule has 2 amide bonds. The number of nitrogens with zero attached hydrogens (tertiary/aromatic N) is 3. The standard InChI is InChI=1S/C26H37FN4O5S/c1-7-23(26(33)28-16-19(2)3)30(17-20-12-14-21(36-6)15-13-20)25(32)18-31(37(34,35)29(4)5)24-11-9-8-10-22(24)27/h8-15,19,23H,7,16-18H2,1-6H3,(H,28,33). The van der Waals surface area contributed by atoms with Crippen molar-refractivity contribution in [2.24, 2.45) is 5.92 Å². The van der Waals surface area contributed by atoms with Crippen molar-refractivity contribution in [3.63, 3.8) is 0 Å². The van der Waals surface area contributed by atoms with Crippen LogP contribution in [0.25, 0.3) is 0 Å². The molecule has 2 aromatic rings. The van der Waals surface area contributed by atoms with Gasteiger partial charge in [-0.2, -0.15) is 12.7 Å². The number of methoxy groups -OCH3 is 1. The number of para-hydroxylation sites is 1. The average molecular weight is 537 g/mol. The molecule has 2 rings (SSSR count). The average Bonchev–Trinajstić information content (AvgIpc) is 2.86. The van der Waals surface area contributed by atoms with E-state index in [1.165, 1.54) is 37.2 Å². The van der Waals surface area contributed by atoms with Crippen molar-refractivity contribution in [3.8, 4) is 5.75 Å². The minimum atomic E-state index is -4.24. The molecule has 1 N–H and O–H groups in total. The molecule has 0 fully saturated rings. The molecule has 9 nitrogen and oxygen atoms in total. The number of amides is 2. The molecule has 0 heterocycles. The molecule has 37 heavy (non-hydrogen) atoms. The zero-order valence-corrected chi connectivity index (χ0v) is 23.1. The summed E-state index contributed by atoms with van der Waals surface area (Å²) in [5, 5.41) is 2.86. The second kappa shape index (κ2) is 13.4. The third-order valence-electron chi connectivity index (χ3n) is 5.72. The van der Waals surface area contributed by atoms with Crippen LogP contribution in [0.2, 0.25) is 0 Å². The van der Waals surface area contributed by atoms with Crippen molar-refractivity contribution >= 4 is 27.7 Å². The van der Waals surface area contributed by atoms with E-state index >= 15 is 0 Å². The predicted molar refractivity (Wildman–Crippen MR) is 142 cm³/mol. The van der Waals surface area contributed by atoms with Gasteiger partial charge in [-0.3, -0.25) is 9.59 Å². The van der Waals surface area contributed by atoms with Crippen LogP contribution >= 0.6 is 0 Å². The first-order chi connectivity index (χ1) is 17.4. The van der Waals surface area contributed by atoms with Gasteiger partial charge in [0, 0.05) is 27.2 Å². The lowest BCUT2D eigenvalue weighted by Crippen LogP contribution is -2.53. The van der Waals surface area contributed by atoms with Gasteiger partial charge in [-0.15, -0.1) is 0 Å². The molecule has 0 aliphatic heterocycles. The van der Waals surface area contributed by atoms with E-state index in [1.807, 2.05) is 13.8 Å². The lowest BCUT2D eigenvalue weighted by Gasteiger charge is -2.34. The Balaban J connectivity index is 2.49. The molecule has 0 spiro atoms. The number of halogens is 1. The van der Waals surface area contributed by atoms with Crippen molar-refractivity contribution in [2.45, 2.75) is 39.8 Å². The topological polar surface area (TPSA) is 99.3 Å². The Morgan fingerprint density at radius 3 is 2.19 bits per heavy atom. The van der Waals surface area contributed by atoms with Crippen LogP contribution in [0.4, 0.5) is 10.1 Å². The lowest BCUT2D eigenvalue weighted by atomic mass is 10.1. The second-order valence-electron chi connectivity index (χ2n) is 9.18. The van der Waals surface area contributed by atoms with Crippen molar-refractivity contribution < 1.29 is 27.1 Å². The van der Waals surface area contributed by atoms with Crippen LogP contribution in [-0.2, 0) is 26.3 Å². The fourth-order valence-electron chi connectivity index (χ4n) is 3.63. The minimum Gasteiger partial charge on any atom is -0.497 e. The van der Waals surface area contributed by atoms with E-state index in [9.17, 15) is 22.4 Å². The van der Waals surface area contributed by atoms with Gasteiger partial charge in [0.05, 0.1) is 12.8 Å². The fourth-order valence-corrected chi connectivity index (χ4v) is 4.69. The Bertz CT molecular complexity index is 1160. The molecule has 2 aromatic carbocycles. The summed E-state index contributed by atoms with van der Waals surface area (Å²) >= 11 is 0. The minimum absolute atomic E-state index is 0.0452. The summed E-state index contributed by atoms with van der Waals surface area (Å²) < 4.78 is 47.8. The van der Waals surface area contributed by atoms with Crippen molar-refractivity contribution in [2.75, 3.05) is 38.6 Å². The van der Waals surface area contributed by atoms with Gasteiger partial charge in [0.1, 0.15) is 24.2 Å². The molecule has 0 aromatic heterocycles. The van der Waals surface area contributed by atoms with Crippen LogP contribution in [0.15, 0.2) is 48.5 Å². The first-order valence-corrected chi connectivity index (χ1v) is 13.5. The maximum Gasteiger partial charge on any atom is 0.304 e. The van der Waals surface area contributed by atoms with Crippen molar-refractivity contribution in [1.29, 1.82) is 0 Å². The summed E-state index contributed by atoms with van der Waals surface area (Å²) in [6.45, 7) is 5.48. The third-order valence-corrected chi connectivity index (χ3v) is 7.53. The van der Waals surface area contributed by atoms with Crippen LogP contribution in [-0.4, -0.2) is 69.8 Å². The first-order valence-electron chi connectivity index (χ1n) is 12.1. The third kappa shape index (κ3) is 7.90. The second-order valence-corrected chi connectivity index (χ2v) is 11.2. The van der Waals surface area contributed by atoms with Gasteiger partial charge in [0.2, 0.25) is 11.8 Å². The molecule has 204 valence electrons. The van der Waals surface area contributed by atoms with Gasteiger partial charge in [0.25, 0.3) is 0 Å². The van der Waals surface area contributed by atoms with Crippen LogP contribution < -0.4 is 14.4 Å². The molecule has 0 radical (unpaired) electrons. The highest BCUT2D eigenvalue weighted by Gasteiger charge is 2.34. The Morgan fingerprint density at radius 2 is 1.68 bits per heavy atom. The highest BCUT2D eigenvalue weighted by atomic mass is 32.2. The van der Waals surface area contributed by atoms with Crippen LogP contribution in [0.3, 0.4) is 0 Å². The van der Waals surface area contributed by atoms with Gasteiger partial charge in [-0.25, -0.2) is 8.70 Å². The number of benzene rings is 2. The highest BCUT2D eigenvalue weighted by molar-refractivity contribution is 7.90. The number of hydrogen-bond donors (Lipinski definition) is 1. The quantitative estimate of drug-likeness (QED) is 0.424. The van der Waals surface area contributed by atoms with Crippen molar-refractivity contribution in [3.05, 3.63) is 59.9 Å². The van der Waals surface area contributed by atoms with Gasteiger partial charge in [-0.1, -0.05) is 45.0 Å². The van der Waals surface area contributed by atoms with Crippen LogP contribution in [0.1, 0.15) is 32.8 Å². The van der Waals surface area contributed by atoms with E-state index < -0.39 is 34.5 Å². The number of hydrogen-bond acceptors (Lipinski definition) is 5. The Morgan fingerprint density at radius 1 is 1.05 bits per heavy atom. The molecule has 0 aliphatic carbocycles. The summed E-state index contributed by atoms with van der Waals surface area (Å²) in [6.07, 6.45) is 0.298. The lowest BCUT2D eigenvalue weighted by molar-refractivity contribution is -0.140. The largest absolute Gasteiger partial charge is 0.497 e. The SMILES string of the molecule is CCC(C(=O)NCC(C)C)N(Cc1ccc(OC)cc1)C(=O)CN(c1ccccc1F)S(=O)(=O)N(C)C. The van der Waals surface area contributed by atoms with E-state index in [2.05, 4.69) is 5.32 Å². The van der Waals surface area contributed by atoms with E-state index in [0.717, 1.165) is 20.2 Å². The van der Waals surface area contributed by atoms with E-state index in [4.69, 9.17) is 4.74 Å². The number of ether oxygens (including phenoxy) is 1. The van der Waals surface area contributed by atoms with Gasteiger partial charge in [-0.05, 0) is 42.2 Å². The molecule has 0 aliphatic rings. The summed E-state index contributed by atoms with van der Waals surface area (Å²) in [4.78, 5) is 28.2. The zero-order chi connectivity index (χ0) is 27.8. The van der Waals surface area contributed by atoms with Gasteiger partial charge in [0.15, 0.2) is 0 Å². The molecule has 0 saturated heterocycles. The predicted octanol–water partition coefficient (Wildman–Crippen LogP) is 3.03. The van der Waals surface area contributed by atoms with Crippen molar-refractivity contribution in [1.82, 2.24) is 14.5 Å². The van der Waals surface area contributed by atoms with Gasteiger partial charge >= 0.3 is 10.2 Å². The molecule has 0 saturated carbocycles. The molecule has 1 unspecified atom stereocenters. The maximum atomic E-state index is 14.7. The molecule has 11 heteroatoms. The summed E-state index contributed by atoms with van der Waals surface area (Å²) in [6, 6.07) is 11.5. The van der Waals surface area contributed by atoms with E-state index in [1.54, 1.807) is 38.3 Å². The number of rotatable bonds is 13. The Labute approximate surface area is 219 Å². The monoisotopic (exact) mass is 536 g/mol. The highest BCUT2D eigenvalue weighted by Crippen LogP contribution is 2.24. The van der Waals surface area contributed by atoms with Gasteiger partial charge < -0.3 is 15.0 Å². The Kier molecular flexibility index (Phi) is 10.9. The summed E-state index contributed by atoms with van der Waals surface area (Å²) in [5.41, 5.74) is 0.462. The molecular formula is C26H37FN4O5S. The van der Waals surface area contributed by atoms with Crippen LogP contribution in [0, 0.1) is 11.7 Å². The molecule has 0 bridgehead atoms. The molecule has 1 atom stereocenters. The number of anilines is 1. The number of carbonyl (C=O) groups is 2. The van der Waals surface area contributed by atoms with Crippen LogP contribution in [0.5, 0.6) is 5.75 Å². The number of nitrogens with one attached hydrogen (secondary N) is 1. The fraction of sp³-hybridized carbons (Fsp3) is 0.462. The maximum absolute atomic E-state index is 14.7. The van der Waals surface area contributed by atoms with E-state index in [-0.39, 0.29) is 24.1 Å².